The summed E-state index contributed by atoms with van der Waals surface area (Å²) in [5, 5.41) is 2.86. The Kier molecular flexibility index (Phi) is 4.43. The first kappa shape index (κ1) is 15.4. The molecular weight excluding hydrogens is 330 g/mol. The molecule has 0 saturated heterocycles. The number of pyridine rings is 1. The van der Waals surface area contributed by atoms with Crippen LogP contribution in [0.25, 0.3) is 11.4 Å². The van der Waals surface area contributed by atoms with E-state index in [-0.39, 0.29) is 0 Å². The van der Waals surface area contributed by atoms with Crippen molar-refractivity contribution in [2.24, 2.45) is 0 Å². The maximum absolute atomic E-state index is 4.76. The van der Waals surface area contributed by atoms with Crippen molar-refractivity contribution in [3.05, 3.63) is 84.1 Å². The number of aromatic nitrogens is 4. The maximum atomic E-state index is 4.76. The second-order valence-electron chi connectivity index (χ2n) is 5.35. The average molecular weight is 345 g/mol. The summed E-state index contributed by atoms with van der Waals surface area (Å²) in [4.78, 5) is 19.9. The maximum Gasteiger partial charge on any atom is 0.231 e. The number of hydrogen-bond donors (Lipinski definition) is 0. The van der Waals surface area contributed by atoms with Gasteiger partial charge in [0.25, 0.3) is 0 Å². The molecule has 25 heavy (non-hydrogen) atoms. The second-order valence-corrected chi connectivity index (χ2v) is 6.19. The van der Waals surface area contributed by atoms with Gasteiger partial charge in [0.15, 0.2) is 5.13 Å². The lowest BCUT2D eigenvalue weighted by Crippen LogP contribution is -2.18. The molecule has 0 aliphatic heterocycles. The summed E-state index contributed by atoms with van der Waals surface area (Å²) in [5.74, 6) is 0.633. The summed E-state index contributed by atoms with van der Waals surface area (Å²) < 4.78 is 0. The molecule has 3 heterocycles. The van der Waals surface area contributed by atoms with E-state index >= 15 is 0 Å². The average Bonchev–Trinajstić information content (AvgIpc) is 3.18. The van der Waals surface area contributed by atoms with Gasteiger partial charge in [-0.25, -0.2) is 15.0 Å². The van der Waals surface area contributed by atoms with Crippen LogP contribution in [0.2, 0.25) is 0 Å². The molecule has 122 valence electrons. The predicted octanol–water partition coefficient (Wildman–Crippen LogP) is 4.33. The SMILES string of the molecule is c1ccc(CN(c2ncccn2)c2nc(-c3ccccn3)cs2)cc1. The highest BCUT2D eigenvalue weighted by molar-refractivity contribution is 7.14. The van der Waals surface area contributed by atoms with Crippen molar-refractivity contribution in [3.8, 4) is 11.4 Å². The van der Waals surface area contributed by atoms with Crippen LogP contribution < -0.4 is 4.90 Å². The fraction of sp³-hybridized carbons (Fsp3) is 0.0526. The topological polar surface area (TPSA) is 54.8 Å². The Balaban J connectivity index is 1.70. The van der Waals surface area contributed by atoms with Crippen LogP contribution in [-0.2, 0) is 6.54 Å². The van der Waals surface area contributed by atoms with E-state index in [2.05, 4.69) is 27.1 Å². The first-order chi connectivity index (χ1) is 12.4. The van der Waals surface area contributed by atoms with E-state index in [9.17, 15) is 0 Å². The Hall–Kier alpha value is -3.12. The van der Waals surface area contributed by atoms with Crippen molar-refractivity contribution < 1.29 is 0 Å². The summed E-state index contributed by atoms with van der Waals surface area (Å²) in [5.41, 5.74) is 2.89. The highest BCUT2D eigenvalue weighted by Gasteiger charge is 2.17. The standard InChI is InChI=1S/C19H15N5S/c1-2-7-15(8-3-1)13-24(18-21-11-6-12-22-18)19-23-17(14-25-19)16-9-4-5-10-20-16/h1-12,14H,13H2. The molecule has 0 radical (unpaired) electrons. The van der Waals surface area contributed by atoms with E-state index in [1.165, 1.54) is 5.56 Å². The van der Waals surface area contributed by atoms with Gasteiger partial charge in [-0.1, -0.05) is 36.4 Å². The number of thiazole rings is 1. The molecule has 0 amide bonds. The minimum absolute atomic E-state index is 0.633. The molecule has 3 aromatic heterocycles. The van der Waals surface area contributed by atoms with Gasteiger partial charge < -0.3 is 0 Å². The van der Waals surface area contributed by atoms with Gasteiger partial charge in [-0.2, -0.15) is 0 Å². The lowest BCUT2D eigenvalue weighted by atomic mass is 10.2. The van der Waals surface area contributed by atoms with Gasteiger partial charge in [0.2, 0.25) is 5.95 Å². The lowest BCUT2D eigenvalue weighted by molar-refractivity contribution is 0.905. The zero-order chi connectivity index (χ0) is 16.9. The molecular formula is C19H15N5S. The van der Waals surface area contributed by atoms with Crippen molar-refractivity contribution in [1.82, 2.24) is 19.9 Å². The lowest BCUT2D eigenvalue weighted by Gasteiger charge is -2.19. The molecule has 4 aromatic rings. The Labute approximate surface area is 149 Å². The van der Waals surface area contributed by atoms with Crippen LogP contribution >= 0.6 is 11.3 Å². The molecule has 0 aliphatic rings. The smallest absolute Gasteiger partial charge is 0.231 e. The normalized spacial score (nSPS) is 10.6. The number of hydrogen-bond acceptors (Lipinski definition) is 6. The third kappa shape index (κ3) is 3.54. The fourth-order valence-corrected chi connectivity index (χ4v) is 3.26. The van der Waals surface area contributed by atoms with Crippen LogP contribution in [0, 0.1) is 0 Å². The molecule has 0 N–H and O–H groups in total. The van der Waals surface area contributed by atoms with E-state index in [0.29, 0.717) is 12.5 Å². The predicted molar refractivity (Wildman–Crippen MR) is 99.7 cm³/mol. The molecule has 0 atom stereocenters. The van der Waals surface area contributed by atoms with Crippen molar-refractivity contribution in [2.45, 2.75) is 6.54 Å². The number of nitrogens with zero attached hydrogens (tertiary/aromatic N) is 5. The second kappa shape index (κ2) is 7.19. The summed E-state index contributed by atoms with van der Waals surface area (Å²) in [6.45, 7) is 0.653. The summed E-state index contributed by atoms with van der Waals surface area (Å²) in [7, 11) is 0. The van der Waals surface area contributed by atoms with Gasteiger partial charge in [-0.15, -0.1) is 11.3 Å². The van der Waals surface area contributed by atoms with Crippen molar-refractivity contribution in [2.75, 3.05) is 4.90 Å². The van der Waals surface area contributed by atoms with Crippen LogP contribution in [0.5, 0.6) is 0 Å². The molecule has 6 heteroatoms. The van der Waals surface area contributed by atoms with Gasteiger partial charge in [0, 0.05) is 24.0 Å². The first-order valence-electron chi connectivity index (χ1n) is 7.85. The zero-order valence-corrected chi connectivity index (χ0v) is 14.2. The van der Waals surface area contributed by atoms with E-state index in [1.807, 2.05) is 52.7 Å². The fourth-order valence-electron chi connectivity index (χ4n) is 2.44. The summed E-state index contributed by atoms with van der Waals surface area (Å²) in [6.07, 6.45) is 5.26. The van der Waals surface area contributed by atoms with Gasteiger partial charge >= 0.3 is 0 Å². The number of rotatable bonds is 5. The Morgan fingerprint density at radius 1 is 0.760 bits per heavy atom. The molecule has 0 unspecified atom stereocenters. The van der Waals surface area contributed by atoms with Crippen LogP contribution in [0.15, 0.2) is 78.6 Å². The molecule has 0 saturated carbocycles. The summed E-state index contributed by atoms with van der Waals surface area (Å²) >= 11 is 1.56. The summed E-state index contributed by atoms with van der Waals surface area (Å²) in [6, 6.07) is 17.9. The Morgan fingerprint density at radius 2 is 1.52 bits per heavy atom. The molecule has 5 nitrogen and oxygen atoms in total. The highest BCUT2D eigenvalue weighted by atomic mass is 32.1. The highest BCUT2D eigenvalue weighted by Crippen LogP contribution is 2.30. The largest absolute Gasteiger partial charge is 0.282 e. The van der Waals surface area contributed by atoms with Crippen LogP contribution in [0.3, 0.4) is 0 Å². The zero-order valence-electron chi connectivity index (χ0n) is 13.4. The van der Waals surface area contributed by atoms with Gasteiger partial charge in [-0.3, -0.25) is 9.88 Å². The Bertz CT molecular complexity index is 926. The van der Waals surface area contributed by atoms with E-state index in [4.69, 9.17) is 4.98 Å². The third-order valence-electron chi connectivity index (χ3n) is 3.63. The monoisotopic (exact) mass is 345 g/mol. The van der Waals surface area contributed by atoms with Crippen LogP contribution in [-0.4, -0.2) is 19.9 Å². The molecule has 1 aromatic carbocycles. The van der Waals surface area contributed by atoms with Gasteiger partial charge in [0.05, 0.1) is 12.2 Å². The molecule has 0 aliphatic carbocycles. The van der Waals surface area contributed by atoms with Crippen LogP contribution in [0.1, 0.15) is 5.56 Å². The minimum Gasteiger partial charge on any atom is -0.282 e. The minimum atomic E-state index is 0.633. The molecule has 0 spiro atoms. The van der Waals surface area contributed by atoms with Crippen molar-refractivity contribution >= 4 is 22.4 Å². The number of anilines is 2. The van der Waals surface area contributed by atoms with E-state index in [0.717, 1.165) is 16.5 Å². The van der Waals surface area contributed by atoms with Gasteiger partial charge in [0.1, 0.15) is 5.69 Å². The van der Waals surface area contributed by atoms with E-state index in [1.54, 1.807) is 29.9 Å². The van der Waals surface area contributed by atoms with E-state index < -0.39 is 0 Å². The molecule has 0 bridgehead atoms. The number of benzene rings is 1. The Morgan fingerprint density at radius 3 is 2.28 bits per heavy atom. The first-order valence-corrected chi connectivity index (χ1v) is 8.73. The van der Waals surface area contributed by atoms with Crippen molar-refractivity contribution in [1.29, 1.82) is 0 Å². The quantitative estimate of drug-likeness (QED) is 0.539. The van der Waals surface area contributed by atoms with Crippen LogP contribution in [0.4, 0.5) is 11.1 Å². The third-order valence-corrected chi connectivity index (χ3v) is 4.49. The van der Waals surface area contributed by atoms with Gasteiger partial charge in [-0.05, 0) is 23.8 Å². The van der Waals surface area contributed by atoms with Crippen molar-refractivity contribution in [3.63, 3.8) is 0 Å². The molecule has 0 fully saturated rings. The molecule has 4 rings (SSSR count).